The average Bonchev–Trinajstić information content (AvgIpc) is 2.82. The first-order valence-electron chi connectivity index (χ1n) is 8.87. The molecule has 6 nitrogen and oxygen atoms in total. The number of nitrogens with zero attached hydrogens (tertiary/aromatic N) is 1. The average molecular weight is 403 g/mol. The van der Waals surface area contributed by atoms with Crippen LogP contribution in [0.2, 0.25) is 5.02 Å². The Kier molecular flexibility index (Phi) is 7.17. The number of carbonyl (C=O) groups excluding carboxylic acids is 1. The van der Waals surface area contributed by atoms with E-state index < -0.39 is 16.1 Å². The van der Waals surface area contributed by atoms with Crippen LogP contribution in [0.1, 0.15) is 45.4 Å². The van der Waals surface area contributed by atoms with Crippen LogP contribution < -0.4 is 14.4 Å². The van der Waals surface area contributed by atoms with Crippen molar-refractivity contribution in [2.45, 2.75) is 57.5 Å². The molecule has 0 aromatic heterocycles. The van der Waals surface area contributed by atoms with Crippen molar-refractivity contribution in [2.24, 2.45) is 0 Å². The van der Waals surface area contributed by atoms with Crippen LogP contribution in [0.4, 0.5) is 5.69 Å². The summed E-state index contributed by atoms with van der Waals surface area (Å²) in [6.45, 7) is 1.59. The molecule has 146 valence electrons. The molecule has 0 heterocycles. The third-order valence-corrected chi connectivity index (χ3v) is 6.22. The Hall–Kier alpha value is -1.47. The lowest BCUT2D eigenvalue weighted by molar-refractivity contribution is -0.122. The first kappa shape index (κ1) is 20.8. The van der Waals surface area contributed by atoms with Crippen molar-refractivity contribution < 1.29 is 17.9 Å². The van der Waals surface area contributed by atoms with Crippen LogP contribution >= 0.6 is 11.6 Å². The summed E-state index contributed by atoms with van der Waals surface area (Å²) >= 11 is 6.13. The number of anilines is 1. The minimum atomic E-state index is -3.67. The number of hydrogen-bond donors (Lipinski definition) is 1. The van der Waals surface area contributed by atoms with Gasteiger partial charge in [-0.25, -0.2) is 8.42 Å². The van der Waals surface area contributed by atoms with Crippen molar-refractivity contribution in [3.63, 3.8) is 0 Å². The molecule has 0 spiro atoms. The summed E-state index contributed by atoms with van der Waals surface area (Å²) in [4.78, 5) is 12.7. The molecule has 8 heteroatoms. The van der Waals surface area contributed by atoms with Crippen molar-refractivity contribution in [1.29, 1.82) is 0 Å². The zero-order valence-corrected chi connectivity index (χ0v) is 17.1. The van der Waals surface area contributed by atoms with Gasteiger partial charge in [0, 0.05) is 6.04 Å². The number of ether oxygens (including phenoxy) is 1. The summed E-state index contributed by atoms with van der Waals surface area (Å²) in [5.41, 5.74) is 0.335. The lowest BCUT2D eigenvalue weighted by atomic mass is 10.1. The lowest BCUT2D eigenvalue weighted by Crippen LogP contribution is -2.50. The number of amides is 1. The van der Waals surface area contributed by atoms with Gasteiger partial charge in [-0.2, -0.15) is 0 Å². The zero-order valence-electron chi connectivity index (χ0n) is 15.5. The maximum atomic E-state index is 12.7. The summed E-state index contributed by atoms with van der Waals surface area (Å²) in [6.07, 6.45) is 7.49. The van der Waals surface area contributed by atoms with Gasteiger partial charge in [-0.05, 0) is 38.0 Å². The predicted octanol–water partition coefficient (Wildman–Crippen LogP) is 3.34. The molecule has 1 amide bonds. The highest BCUT2D eigenvalue weighted by molar-refractivity contribution is 7.92. The SMILES string of the molecule is COc1ccc(N([C@@H](C)C(=O)NC2CCCCCC2)S(C)(=O)=O)cc1Cl. The molecular weight excluding hydrogens is 376 g/mol. The second-order valence-electron chi connectivity index (χ2n) is 6.75. The fourth-order valence-electron chi connectivity index (χ4n) is 3.35. The van der Waals surface area contributed by atoms with Crippen molar-refractivity contribution >= 4 is 33.2 Å². The molecule has 0 saturated heterocycles. The van der Waals surface area contributed by atoms with E-state index in [2.05, 4.69) is 5.32 Å². The van der Waals surface area contributed by atoms with Crippen LogP contribution in [-0.4, -0.2) is 39.8 Å². The van der Waals surface area contributed by atoms with Gasteiger partial charge in [0.2, 0.25) is 15.9 Å². The van der Waals surface area contributed by atoms with Crippen LogP contribution in [-0.2, 0) is 14.8 Å². The molecule has 0 aliphatic heterocycles. The Morgan fingerprint density at radius 3 is 2.38 bits per heavy atom. The second-order valence-corrected chi connectivity index (χ2v) is 9.02. The van der Waals surface area contributed by atoms with Gasteiger partial charge in [0.15, 0.2) is 0 Å². The second kappa shape index (κ2) is 8.95. The van der Waals surface area contributed by atoms with Crippen LogP contribution in [0.25, 0.3) is 0 Å². The van der Waals surface area contributed by atoms with E-state index >= 15 is 0 Å². The maximum Gasteiger partial charge on any atom is 0.243 e. The summed E-state index contributed by atoms with van der Waals surface area (Å²) in [6, 6.07) is 3.90. The molecule has 0 bridgehead atoms. The Bertz CT molecular complexity index is 731. The Labute approximate surface area is 160 Å². The van der Waals surface area contributed by atoms with E-state index in [0.717, 1.165) is 36.2 Å². The van der Waals surface area contributed by atoms with Gasteiger partial charge in [-0.3, -0.25) is 9.10 Å². The molecule has 0 unspecified atom stereocenters. The fourth-order valence-corrected chi connectivity index (χ4v) is 4.77. The molecule has 1 aliphatic rings. The Morgan fingerprint density at radius 2 is 1.88 bits per heavy atom. The summed E-state index contributed by atoms with van der Waals surface area (Å²) < 4.78 is 30.9. The molecule has 1 aromatic carbocycles. The molecule has 1 saturated carbocycles. The number of rotatable bonds is 6. The van der Waals surface area contributed by atoms with E-state index in [9.17, 15) is 13.2 Å². The molecule has 1 fully saturated rings. The highest BCUT2D eigenvalue weighted by atomic mass is 35.5. The van der Waals surface area contributed by atoms with E-state index in [1.54, 1.807) is 19.1 Å². The third kappa shape index (κ3) is 5.27. The standard InChI is InChI=1S/C18H27ClN2O4S/c1-13(18(22)20-14-8-6-4-5-7-9-14)21(26(3,23)24)15-10-11-17(25-2)16(19)12-15/h10-14H,4-9H2,1-3H3,(H,20,22)/t13-/m0/s1. The van der Waals surface area contributed by atoms with E-state index in [1.807, 2.05) is 0 Å². The largest absolute Gasteiger partial charge is 0.495 e. The highest BCUT2D eigenvalue weighted by Gasteiger charge is 2.30. The molecule has 1 aliphatic carbocycles. The Morgan fingerprint density at radius 1 is 1.27 bits per heavy atom. The number of halogens is 1. The van der Waals surface area contributed by atoms with Crippen molar-refractivity contribution in [1.82, 2.24) is 5.32 Å². The van der Waals surface area contributed by atoms with Crippen LogP contribution in [0.3, 0.4) is 0 Å². The number of methoxy groups -OCH3 is 1. The van der Waals surface area contributed by atoms with Gasteiger partial charge in [0.05, 0.1) is 24.1 Å². The van der Waals surface area contributed by atoms with Gasteiger partial charge in [0.1, 0.15) is 11.8 Å². The van der Waals surface area contributed by atoms with Crippen molar-refractivity contribution in [3.05, 3.63) is 23.2 Å². The smallest absolute Gasteiger partial charge is 0.243 e. The predicted molar refractivity (Wildman–Crippen MR) is 104 cm³/mol. The minimum Gasteiger partial charge on any atom is -0.495 e. The lowest BCUT2D eigenvalue weighted by Gasteiger charge is -2.30. The summed E-state index contributed by atoms with van der Waals surface area (Å²) in [5, 5.41) is 3.30. The highest BCUT2D eigenvalue weighted by Crippen LogP contribution is 2.31. The van der Waals surface area contributed by atoms with Crippen molar-refractivity contribution in [2.75, 3.05) is 17.7 Å². The van der Waals surface area contributed by atoms with Crippen LogP contribution in [0.5, 0.6) is 5.75 Å². The molecule has 0 radical (unpaired) electrons. The van der Waals surface area contributed by atoms with Gasteiger partial charge in [0.25, 0.3) is 0 Å². The topological polar surface area (TPSA) is 75.7 Å². The van der Waals surface area contributed by atoms with Gasteiger partial charge in [-0.1, -0.05) is 37.3 Å². The van der Waals surface area contributed by atoms with E-state index in [1.165, 1.54) is 26.0 Å². The molecule has 1 atom stereocenters. The summed E-state index contributed by atoms with van der Waals surface area (Å²) in [7, 11) is -2.19. The molecular formula is C18H27ClN2O4S. The van der Waals surface area contributed by atoms with Crippen molar-refractivity contribution in [3.8, 4) is 5.75 Å². The van der Waals surface area contributed by atoms with Gasteiger partial charge >= 0.3 is 0 Å². The molecule has 1 aromatic rings. The minimum absolute atomic E-state index is 0.105. The fraction of sp³-hybridized carbons (Fsp3) is 0.611. The normalized spacial score (nSPS) is 17.2. The van der Waals surface area contributed by atoms with E-state index in [-0.39, 0.29) is 17.0 Å². The van der Waals surface area contributed by atoms with Gasteiger partial charge in [-0.15, -0.1) is 0 Å². The third-order valence-electron chi connectivity index (χ3n) is 4.68. The number of nitrogens with one attached hydrogen (secondary N) is 1. The zero-order chi connectivity index (χ0) is 19.3. The first-order chi connectivity index (χ1) is 12.2. The molecule has 26 heavy (non-hydrogen) atoms. The molecule has 2 rings (SSSR count). The van der Waals surface area contributed by atoms with E-state index in [0.29, 0.717) is 11.4 Å². The van der Waals surface area contributed by atoms with Gasteiger partial charge < -0.3 is 10.1 Å². The number of carbonyl (C=O) groups is 1. The van der Waals surface area contributed by atoms with E-state index in [4.69, 9.17) is 16.3 Å². The monoisotopic (exact) mass is 402 g/mol. The quantitative estimate of drug-likeness (QED) is 0.740. The maximum absolute atomic E-state index is 12.7. The number of benzene rings is 1. The number of sulfonamides is 1. The van der Waals surface area contributed by atoms with Crippen LogP contribution in [0, 0.1) is 0 Å². The Balaban J connectivity index is 2.23. The molecule has 1 N–H and O–H groups in total. The van der Waals surface area contributed by atoms with Crippen LogP contribution in [0.15, 0.2) is 18.2 Å². The summed E-state index contributed by atoms with van der Waals surface area (Å²) in [5.74, 6) is 0.147. The first-order valence-corrected chi connectivity index (χ1v) is 11.1. The number of hydrogen-bond acceptors (Lipinski definition) is 4.